The van der Waals surface area contributed by atoms with Gasteiger partial charge in [-0.15, -0.1) is 12.4 Å². The Kier molecular flexibility index (Phi) is 5.57. The molecule has 1 aromatic heterocycles. The van der Waals surface area contributed by atoms with Crippen molar-refractivity contribution >= 4 is 29.3 Å². The van der Waals surface area contributed by atoms with Gasteiger partial charge in [0.1, 0.15) is 6.04 Å². The van der Waals surface area contributed by atoms with Gasteiger partial charge in [-0.3, -0.25) is 4.98 Å². The number of ether oxygens (including phenoxy) is 1. The molecule has 0 aliphatic carbocycles. The van der Waals surface area contributed by atoms with Gasteiger partial charge < -0.3 is 10.5 Å². The molecule has 21 heavy (non-hydrogen) atoms. The molecular formula is C14H15ClF2N2O2. The van der Waals surface area contributed by atoms with Crippen molar-refractivity contribution in [3.05, 3.63) is 42.1 Å². The van der Waals surface area contributed by atoms with Gasteiger partial charge in [-0.1, -0.05) is 24.3 Å². The third-order valence-corrected chi connectivity index (χ3v) is 2.88. The maximum atomic E-state index is 13.8. The predicted octanol–water partition coefficient (Wildman–Crippen LogP) is 2.85. The van der Waals surface area contributed by atoms with Crippen LogP contribution < -0.4 is 5.73 Å². The lowest BCUT2D eigenvalue weighted by molar-refractivity contribution is -0.175. The molecule has 7 heteroatoms. The number of nitrogens with two attached hydrogens (primary N) is 1. The lowest BCUT2D eigenvalue weighted by atomic mass is 10.1. The second-order valence-electron chi connectivity index (χ2n) is 4.25. The fourth-order valence-electron chi connectivity index (χ4n) is 1.80. The van der Waals surface area contributed by atoms with Crippen LogP contribution in [0.15, 0.2) is 36.4 Å². The van der Waals surface area contributed by atoms with Crippen LogP contribution in [0.25, 0.3) is 10.9 Å². The van der Waals surface area contributed by atoms with E-state index in [1.807, 2.05) is 6.07 Å². The highest BCUT2D eigenvalue weighted by atomic mass is 35.5. The van der Waals surface area contributed by atoms with E-state index in [1.165, 1.54) is 13.0 Å². The first-order chi connectivity index (χ1) is 9.46. The standard InChI is InChI=1S/C14H14F2N2O2.ClH/c1-2-20-13(19)14(15,16)12(17)11-8-7-9-5-3-4-6-10(9)18-11;/h3-8,12H,2,17H2,1H3;1H/t12-;/m0./s1. The van der Waals surface area contributed by atoms with Gasteiger partial charge in [-0.25, -0.2) is 4.79 Å². The Morgan fingerprint density at radius 2 is 2.00 bits per heavy atom. The van der Waals surface area contributed by atoms with Gasteiger partial charge in [0.2, 0.25) is 0 Å². The Labute approximate surface area is 126 Å². The predicted molar refractivity (Wildman–Crippen MR) is 77.5 cm³/mol. The molecule has 1 atom stereocenters. The summed E-state index contributed by atoms with van der Waals surface area (Å²) in [6.07, 6.45) is 0. The second-order valence-corrected chi connectivity index (χ2v) is 4.25. The van der Waals surface area contributed by atoms with Crippen molar-refractivity contribution < 1.29 is 18.3 Å². The van der Waals surface area contributed by atoms with E-state index in [0.717, 1.165) is 5.39 Å². The van der Waals surface area contributed by atoms with Gasteiger partial charge in [0, 0.05) is 5.39 Å². The zero-order valence-electron chi connectivity index (χ0n) is 11.3. The van der Waals surface area contributed by atoms with Crippen molar-refractivity contribution in [3.8, 4) is 0 Å². The van der Waals surface area contributed by atoms with Gasteiger partial charge in [0.15, 0.2) is 0 Å². The monoisotopic (exact) mass is 316 g/mol. The Balaban J connectivity index is 0.00000220. The number of esters is 1. The molecule has 0 saturated carbocycles. The zero-order chi connectivity index (χ0) is 14.8. The fourth-order valence-corrected chi connectivity index (χ4v) is 1.80. The van der Waals surface area contributed by atoms with Crippen molar-refractivity contribution in [2.24, 2.45) is 5.73 Å². The number of pyridine rings is 1. The highest BCUT2D eigenvalue weighted by Crippen LogP contribution is 2.30. The first kappa shape index (κ1) is 17.3. The van der Waals surface area contributed by atoms with Gasteiger partial charge in [-0.2, -0.15) is 8.78 Å². The molecular weight excluding hydrogens is 302 g/mol. The highest BCUT2D eigenvalue weighted by molar-refractivity contribution is 5.85. The number of nitrogens with zero attached hydrogens (tertiary/aromatic N) is 1. The number of fused-ring (bicyclic) bond motifs is 1. The number of aromatic nitrogens is 1. The summed E-state index contributed by atoms with van der Waals surface area (Å²) in [6.45, 7) is 1.32. The highest BCUT2D eigenvalue weighted by Gasteiger charge is 2.48. The molecule has 0 unspecified atom stereocenters. The number of benzene rings is 1. The van der Waals surface area contributed by atoms with E-state index < -0.39 is 17.9 Å². The van der Waals surface area contributed by atoms with Crippen LogP contribution in [-0.4, -0.2) is 23.5 Å². The fraction of sp³-hybridized carbons (Fsp3) is 0.286. The van der Waals surface area contributed by atoms with Gasteiger partial charge in [0.05, 0.1) is 17.8 Å². The number of carbonyl (C=O) groups excluding carboxylic acids is 1. The Hall–Kier alpha value is -1.79. The molecule has 0 radical (unpaired) electrons. The molecule has 2 aromatic rings. The lowest BCUT2D eigenvalue weighted by Crippen LogP contribution is -2.42. The molecule has 1 heterocycles. The van der Waals surface area contributed by atoms with Gasteiger partial charge in [-0.05, 0) is 19.1 Å². The minimum absolute atomic E-state index is 0. The quantitative estimate of drug-likeness (QED) is 0.881. The molecule has 0 spiro atoms. The molecule has 0 saturated heterocycles. The molecule has 0 amide bonds. The minimum atomic E-state index is -3.81. The average molecular weight is 317 g/mol. The summed E-state index contributed by atoms with van der Waals surface area (Å²) in [6, 6.07) is 8.24. The second kappa shape index (κ2) is 6.78. The Bertz CT molecular complexity index is 637. The molecule has 114 valence electrons. The first-order valence-electron chi connectivity index (χ1n) is 6.13. The number of halogens is 3. The van der Waals surface area contributed by atoms with Crippen molar-refractivity contribution in [2.75, 3.05) is 6.61 Å². The molecule has 4 nitrogen and oxygen atoms in total. The number of carbonyl (C=O) groups is 1. The van der Waals surface area contributed by atoms with E-state index in [-0.39, 0.29) is 24.7 Å². The molecule has 0 bridgehead atoms. The van der Waals surface area contributed by atoms with Crippen molar-refractivity contribution in [2.45, 2.75) is 18.9 Å². The van der Waals surface area contributed by atoms with Crippen LogP contribution >= 0.6 is 12.4 Å². The Morgan fingerprint density at radius 1 is 1.33 bits per heavy atom. The van der Waals surface area contributed by atoms with Gasteiger partial charge >= 0.3 is 11.9 Å². The van der Waals surface area contributed by atoms with Crippen LogP contribution in [0, 0.1) is 0 Å². The van der Waals surface area contributed by atoms with Crippen LogP contribution in [0.5, 0.6) is 0 Å². The van der Waals surface area contributed by atoms with E-state index in [1.54, 1.807) is 24.3 Å². The van der Waals surface area contributed by atoms with E-state index in [4.69, 9.17) is 5.73 Å². The number of para-hydroxylation sites is 1. The molecule has 1 aromatic carbocycles. The molecule has 2 N–H and O–H groups in total. The van der Waals surface area contributed by atoms with E-state index in [2.05, 4.69) is 9.72 Å². The van der Waals surface area contributed by atoms with Crippen LogP contribution in [0.1, 0.15) is 18.7 Å². The summed E-state index contributed by atoms with van der Waals surface area (Å²) < 4.78 is 32.0. The number of hydrogen-bond donors (Lipinski definition) is 1. The summed E-state index contributed by atoms with van der Waals surface area (Å²) in [7, 11) is 0. The third kappa shape index (κ3) is 3.46. The number of hydrogen-bond acceptors (Lipinski definition) is 4. The third-order valence-electron chi connectivity index (χ3n) is 2.88. The maximum Gasteiger partial charge on any atom is 0.379 e. The first-order valence-corrected chi connectivity index (χ1v) is 6.13. The molecule has 0 fully saturated rings. The molecule has 0 aliphatic rings. The summed E-state index contributed by atoms with van der Waals surface area (Å²) in [5.74, 6) is -5.45. The lowest BCUT2D eigenvalue weighted by Gasteiger charge is -2.21. The Morgan fingerprint density at radius 3 is 2.67 bits per heavy atom. The van der Waals surface area contributed by atoms with E-state index >= 15 is 0 Å². The summed E-state index contributed by atoms with van der Waals surface area (Å²) >= 11 is 0. The van der Waals surface area contributed by atoms with Crippen LogP contribution in [0.4, 0.5) is 8.78 Å². The number of alkyl halides is 2. The minimum Gasteiger partial charge on any atom is -0.462 e. The summed E-state index contributed by atoms with van der Waals surface area (Å²) in [5.41, 5.74) is 5.97. The largest absolute Gasteiger partial charge is 0.462 e. The summed E-state index contributed by atoms with van der Waals surface area (Å²) in [5, 5.41) is 0.808. The molecule has 0 aliphatic heterocycles. The van der Waals surface area contributed by atoms with E-state index in [9.17, 15) is 13.6 Å². The summed E-state index contributed by atoms with van der Waals surface area (Å²) in [4.78, 5) is 15.3. The van der Waals surface area contributed by atoms with Crippen molar-refractivity contribution in [3.63, 3.8) is 0 Å². The maximum absolute atomic E-state index is 13.8. The average Bonchev–Trinajstić information content (AvgIpc) is 2.46. The van der Waals surface area contributed by atoms with Crippen molar-refractivity contribution in [1.29, 1.82) is 0 Å². The smallest absolute Gasteiger partial charge is 0.379 e. The van der Waals surface area contributed by atoms with E-state index in [0.29, 0.717) is 5.52 Å². The van der Waals surface area contributed by atoms with Crippen LogP contribution in [0.3, 0.4) is 0 Å². The van der Waals surface area contributed by atoms with Crippen LogP contribution in [-0.2, 0) is 9.53 Å². The van der Waals surface area contributed by atoms with Gasteiger partial charge in [0.25, 0.3) is 0 Å². The zero-order valence-corrected chi connectivity index (χ0v) is 12.1. The van der Waals surface area contributed by atoms with Crippen LogP contribution in [0.2, 0.25) is 0 Å². The normalized spacial score (nSPS) is 12.6. The SMILES string of the molecule is CCOC(=O)C(F)(F)[C@@H](N)c1ccc2ccccc2n1.Cl. The molecule has 2 rings (SSSR count). The number of rotatable bonds is 4. The topological polar surface area (TPSA) is 65.2 Å². The van der Waals surface area contributed by atoms with Crippen molar-refractivity contribution in [1.82, 2.24) is 4.98 Å².